The summed E-state index contributed by atoms with van der Waals surface area (Å²) in [4.78, 5) is 4.70. The average Bonchev–Trinajstić information content (AvgIpc) is 3.02. The lowest BCUT2D eigenvalue weighted by Gasteiger charge is -2.38. The highest BCUT2D eigenvalue weighted by molar-refractivity contribution is 9.10. The summed E-state index contributed by atoms with van der Waals surface area (Å²) in [5.74, 6) is 0.923. The summed E-state index contributed by atoms with van der Waals surface area (Å²) in [5, 5.41) is 7.87. The molecule has 1 fully saturated rings. The predicted molar refractivity (Wildman–Crippen MR) is 105 cm³/mol. The molecule has 0 aliphatic heterocycles. The summed E-state index contributed by atoms with van der Waals surface area (Å²) >= 11 is 3.51. The molecule has 0 bridgehead atoms. The third-order valence-corrected chi connectivity index (χ3v) is 5.87. The van der Waals surface area contributed by atoms with Gasteiger partial charge in [0.1, 0.15) is 5.82 Å². The average molecular weight is 399 g/mol. The number of fused-ring (bicyclic) bond motifs is 1. The Balaban J connectivity index is 1.52. The lowest BCUT2D eigenvalue weighted by Crippen LogP contribution is -2.34. The fourth-order valence-electron chi connectivity index (χ4n) is 3.96. The molecular weight excluding hydrogens is 376 g/mol. The number of anilines is 1. The van der Waals surface area contributed by atoms with Crippen LogP contribution in [0.4, 0.5) is 5.82 Å². The van der Waals surface area contributed by atoms with E-state index in [4.69, 9.17) is 4.98 Å². The standard InChI is InChI=1S/C20H23BrN4/c21-17-14-23-25-12-9-18(24-19(17)25)22-15-20(10-5-2-6-11-20)13-16-7-3-1-4-8-16/h1,3-4,7-9,12,14H,2,5-6,10-11,13,15H2,(H,22,24). The van der Waals surface area contributed by atoms with E-state index < -0.39 is 0 Å². The highest BCUT2D eigenvalue weighted by atomic mass is 79.9. The third-order valence-electron chi connectivity index (χ3n) is 5.31. The third kappa shape index (κ3) is 3.71. The number of hydrogen-bond donors (Lipinski definition) is 1. The second-order valence-corrected chi connectivity index (χ2v) is 8.00. The molecule has 130 valence electrons. The molecular formula is C20H23BrN4. The van der Waals surface area contributed by atoms with Crippen molar-refractivity contribution < 1.29 is 0 Å². The molecule has 0 spiro atoms. The summed E-state index contributed by atoms with van der Waals surface area (Å²) < 4.78 is 2.71. The Morgan fingerprint density at radius 2 is 1.88 bits per heavy atom. The maximum Gasteiger partial charge on any atom is 0.171 e. The smallest absolute Gasteiger partial charge is 0.171 e. The van der Waals surface area contributed by atoms with Crippen molar-refractivity contribution in [3.8, 4) is 0 Å². The van der Waals surface area contributed by atoms with E-state index in [-0.39, 0.29) is 0 Å². The molecule has 5 heteroatoms. The van der Waals surface area contributed by atoms with E-state index in [0.29, 0.717) is 5.41 Å². The summed E-state index contributed by atoms with van der Waals surface area (Å²) in [6.45, 7) is 0.969. The maximum atomic E-state index is 4.70. The minimum absolute atomic E-state index is 0.324. The summed E-state index contributed by atoms with van der Waals surface area (Å²) in [5.41, 5.74) is 2.61. The van der Waals surface area contributed by atoms with Crippen molar-refractivity contribution in [2.24, 2.45) is 5.41 Å². The molecule has 0 amide bonds. The van der Waals surface area contributed by atoms with Crippen molar-refractivity contribution in [1.29, 1.82) is 0 Å². The number of nitrogens with zero attached hydrogens (tertiary/aromatic N) is 3. The Bertz CT molecular complexity index is 837. The van der Waals surface area contributed by atoms with Gasteiger partial charge in [0.15, 0.2) is 5.65 Å². The van der Waals surface area contributed by atoms with Crippen LogP contribution in [0, 0.1) is 5.41 Å². The Labute approximate surface area is 156 Å². The Morgan fingerprint density at radius 1 is 1.08 bits per heavy atom. The van der Waals surface area contributed by atoms with Crippen molar-refractivity contribution in [2.45, 2.75) is 38.5 Å². The van der Waals surface area contributed by atoms with Gasteiger partial charge in [0.05, 0.1) is 10.7 Å². The van der Waals surface area contributed by atoms with Crippen LogP contribution in [0.5, 0.6) is 0 Å². The molecule has 0 atom stereocenters. The zero-order valence-electron chi connectivity index (χ0n) is 14.3. The van der Waals surface area contributed by atoms with E-state index in [1.54, 1.807) is 10.7 Å². The van der Waals surface area contributed by atoms with Crippen LogP contribution in [0.1, 0.15) is 37.7 Å². The monoisotopic (exact) mass is 398 g/mol. The Kier molecular flexibility index (Phi) is 4.75. The predicted octanol–water partition coefficient (Wildman–Crippen LogP) is 5.10. The normalized spacial score (nSPS) is 16.8. The lowest BCUT2D eigenvalue weighted by molar-refractivity contribution is 0.204. The van der Waals surface area contributed by atoms with Crippen LogP contribution in [0.15, 0.2) is 53.3 Å². The van der Waals surface area contributed by atoms with E-state index in [9.17, 15) is 0 Å². The fourth-order valence-corrected chi connectivity index (χ4v) is 4.33. The quantitative estimate of drug-likeness (QED) is 0.649. The van der Waals surface area contributed by atoms with E-state index in [1.807, 2.05) is 12.3 Å². The maximum absolute atomic E-state index is 4.70. The van der Waals surface area contributed by atoms with Gasteiger partial charge < -0.3 is 5.32 Å². The number of aromatic nitrogens is 3. The molecule has 4 rings (SSSR count). The number of nitrogens with one attached hydrogen (secondary N) is 1. The van der Waals surface area contributed by atoms with Gasteiger partial charge in [-0.2, -0.15) is 5.10 Å². The van der Waals surface area contributed by atoms with Gasteiger partial charge in [0.25, 0.3) is 0 Å². The molecule has 0 radical (unpaired) electrons. The van der Waals surface area contributed by atoms with Crippen molar-refractivity contribution in [3.05, 3.63) is 58.8 Å². The molecule has 1 aliphatic rings. The highest BCUT2D eigenvalue weighted by Crippen LogP contribution is 2.39. The molecule has 2 aromatic heterocycles. The van der Waals surface area contributed by atoms with Crippen LogP contribution in [0.2, 0.25) is 0 Å². The number of rotatable bonds is 5. The van der Waals surface area contributed by atoms with Crippen LogP contribution < -0.4 is 5.32 Å². The summed E-state index contributed by atoms with van der Waals surface area (Å²) in [6, 6.07) is 12.9. The highest BCUT2D eigenvalue weighted by Gasteiger charge is 2.32. The van der Waals surface area contributed by atoms with E-state index >= 15 is 0 Å². The topological polar surface area (TPSA) is 42.2 Å². The first kappa shape index (κ1) is 16.6. The first-order chi connectivity index (χ1) is 12.2. The second kappa shape index (κ2) is 7.16. The molecule has 1 N–H and O–H groups in total. The SMILES string of the molecule is Brc1cnn2ccc(NCC3(Cc4ccccc4)CCCCC3)nc12. The van der Waals surface area contributed by atoms with E-state index in [0.717, 1.165) is 28.9 Å². The van der Waals surface area contributed by atoms with E-state index in [1.165, 1.54) is 37.7 Å². The van der Waals surface area contributed by atoms with Gasteiger partial charge in [-0.3, -0.25) is 0 Å². The summed E-state index contributed by atoms with van der Waals surface area (Å²) in [6.07, 6.45) is 11.5. The summed E-state index contributed by atoms with van der Waals surface area (Å²) in [7, 11) is 0. The van der Waals surface area contributed by atoms with Crippen molar-refractivity contribution in [2.75, 3.05) is 11.9 Å². The van der Waals surface area contributed by atoms with Crippen molar-refractivity contribution in [3.63, 3.8) is 0 Å². The van der Waals surface area contributed by atoms with Crippen molar-refractivity contribution >= 4 is 27.4 Å². The van der Waals surface area contributed by atoms with Gasteiger partial charge in [-0.1, -0.05) is 49.6 Å². The second-order valence-electron chi connectivity index (χ2n) is 7.15. The Morgan fingerprint density at radius 3 is 2.68 bits per heavy atom. The van der Waals surface area contributed by atoms with E-state index in [2.05, 4.69) is 56.7 Å². The van der Waals surface area contributed by atoms with Gasteiger partial charge in [-0.05, 0) is 52.2 Å². The lowest BCUT2D eigenvalue weighted by atomic mass is 9.70. The van der Waals surface area contributed by atoms with Crippen LogP contribution in [0.3, 0.4) is 0 Å². The first-order valence-electron chi connectivity index (χ1n) is 9.02. The molecule has 0 unspecified atom stereocenters. The molecule has 1 aliphatic carbocycles. The number of hydrogen-bond acceptors (Lipinski definition) is 3. The molecule has 25 heavy (non-hydrogen) atoms. The van der Waals surface area contributed by atoms with Crippen LogP contribution in [-0.4, -0.2) is 21.1 Å². The molecule has 4 nitrogen and oxygen atoms in total. The molecule has 3 aromatic rings. The minimum Gasteiger partial charge on any atom is -0.369 e. The molecule has 1 saturated carbocycles. The van der Waals surface area contributed by atoms with Gasteiger partial charge in [0, 0.05) is 12.7 Å². The van der Waals surface area contributed by atoms with Gasteiger partial charge in [-0.15, -0.1) is 0 Å². The molecule has 2 heterocycles. The Hall–Kier alpha value is -1.88. The van der Waals surface area contributed by atoms with Crippen LogP contribution in [-0.2, 0) is 6.42 Å². The fraction of sp³-hybridized carbons (Fsp3) is 0.400. The zero-order chi connectivity index (χ0) is 17.1. The first-order valence-corrected chi connectivity index (χ1v) is 9.81. The van der Waals surface area contributed by atoms with Crippen LogP contribution in [0.25, 0.3) is 5.65 Å². The minimum atomic E-state index is 0.324. The largest absolute Gasteiger partial charge is 0.369 e. The van der Waals surface area contributed by atoms with Gasteiger partial charge in [0.2, 0.25) is 0 Å². The molecule has 1 aromatic carbocycles. The number of benzene rings is 1. The van der Waals surface area contributed by atoms with Crippen LogP contribution >= 0.6 is 15.9 Å². The molecule has 0 saturated heterocycles. The number of halogens is 1. The van der Waals surface area contributed by atoms with Gasteiger partial charge >= 0.3 is 0 Å². The van der Waals surface area contributed by atoms with Crippen molar-refractivity contribution in [1.82, 2.24) is 14.6 Å². The zero-order valence-corrected chi connectivity index (χ0v) is 15.9. The van der Waals surface area contributed by atoms with Gasteiger partial charge in [-0.25, -0.2) is 9.50 Å².